The van der Waals surface area contributed by atoms with Crippen LogP contribution in [0.1, 0.15) is 5.56 Å². The van der Waals surface area contributed by atoms with Gasteiger partial charge in [-0.05, 0) is 29.8 Å². The number of hydrogen-bond acceptors (Lipinski definition) is 4. The second kappa shape index (κ2) is 6.87. The van der Waals surface area contributed by atoms with Gasteiger partial charge in [0, 0.05) is 30.5 Å². The topological polar surface area (TPSA) is 53.0 Å². The molecule has 0 aliphatic carbocycles. The van der Waals surface area contributed by atoms with E-state index in [4.69, 9.17) is 0 Å². The van der Waals surface area contributed by atoms with Crippen LogP contribution in [0.15, 0.2) is 66.4 Å². The molecule has 2 aromatic carbocycles. The lowest BCUT2D eigenvalue weighted by atomic mass is 10.1. The van der Waals surface area contributed by atoms with E-state index in [1.165, 1.54) is 17.0 Å². The van der Waals surface area contributed by atoms with Crippen molar-refractivity contribution in [2.75, 3.05) is 11.4 Å². The van der Waals surface area contributed by atoms with Crippen LogP contribution in [0.4, 0.5) is 18.9 Å². The maximum atomic E-state index is 12.8. The Hall–Kier alpha value is -3.00. The summed E-state index contributed by atoms with van der Waals surface area (Å²) in [5.74, 6) is -1.11. The zero-order chi connectivity index (χ0) is 19.9. The van der Waals surface area contributed by atoms with E-state index in [0.29, 0.717) is 24.4 Å². The number of benzene rings is 2. The molecule has 146 valence electrons. The van der Waals surface area contributed by atoms with E-state index in [1.807, 2.05) is 35.2 Å². The first-order valence-corrected chi connectivity index (χ1v) is 8.69. The van der Waals surface area contributed by atoms with Crippen LogP contribution >= 0.6 is 0 Å². The van der Waals surface area contributed by atoms with Crippen molar-refractivity contribution in [3.8, 4) is 5.75 Å². The van der Waals surface area contributed by atoms with Gasteiger partial charge in [0.05, 0.1) is 5.92 Å². The van der Waals surface area contributed by atoms with Gasteiger partial charge in [0.25, 0.3) is 5.91 Å². The fourth-order valence-corrected chi connectivity index (χ4v) is 3.61. The molecule has 0 radical (unpaired) electrons. The van der Waals surface area contributed by atoms with Gasteiger partial charge in [-0.25, -0.2) is 0 Å². The van der Waals surface area contributed by atoms with E-state index in [2.05, 4.69) is 4.74 Å². The molecule has 2 aliphatic heterocycles. The highest BCUT2D eigenvalue weighted by Crippen LogP contribution is 2.38. The van der Waals surface area contributed by atoms with E-state index in [-0.39, 0.29) is 17.6 Å². The van der Waals surface area contributed by atoms with Crippen molar-refractivity contribution >= 4 is 11.6 Å². The molecule has 8 heteroatoms. The maximum absolute atomic E-state index is 12.8. The molecular formula is C20H17F3N2O3. The molecule has 2 aromatic rings. The summed E-state index contributed by atoms with van der Waals surface area (Å²) in [6.07, 6.45) is -4.10. The van der Waals surface area contributed by atoms with Gasteiger partial charge in [0.2, 0.25) is 0 Å². The van der Waals surface area contributed by atoms with Gasteiger partial charge in [-0.3, -0.25) is 9.69 Å². The fraction of sp³-hybridized carbons (Fsp3) is 0.250. The first kappa shape index (κ1) is 18.4. The molecule has 0 spiro atoms. The van der Waals surface area contributed by atoms with Gasteiger partial charge >= 0.3 is 6.36 Å². The number of rotatable bonds is 4. The summed E-state index contributed by atoms with van der Waals surface area (Å²) in [5.41, 5.74) is 1.91. The van der Waals surface area contributed by atoms with Crippen LogP contribution in [0.5, 0.6) is 5.75 Å². The Labute approximate surface area is 159 Å². The lowest BCUT2D eigenvalue weighted by molar-refractivity contribution is -0.274. The van der Waals surface area contributed by atoms with Crippen LogP contribution in [0.3, 0.4) is 0 Å². The van der Waals surface area contributed by atoms with E-state index in [9.17, 15) is 23.1 Å². The number of anilines is 1. The molecule has 28 heavy (non-hydrogen) atoms. The highest BCUT2D eigenvalue weighted by atomic mass is 19.4. The molecule has 1 fully saturated rings. The number of carbonyl (C=O) groups is 1. The van der Waals surface area contributed by atoms with Crippen LogP contribution in [0, 0.1) is 5.92 Å². The first-order chi connectivity index (χ1) is 13.3. The SMILES string of the molecule is O=C1C2=CN(Cc3ccccc3)CC2C(O)N1c1ccc(OC(F)(F)F)cc1. The lowest BCUT2D eigenvalue weighted by Gasteiger charge is -2.25. The summed E-state index contributed by atoms with van der Waals surface area (Å²) in [7, 11) is 0. The summed E-state index contributed by atoms with van der Waals surface area (Å²) in [6.45, 7) is 1.12. The maximum Gasteiger partial charge on any atom is 0.573 e. The van der Waals surface area contributed by atoms with Crippen molar-refractivity contribution in [2.45, 2.75) is 19.1 Å². The number of alkyl halides is 3. The summed E-state index contributed by atoms with van der Waals surface area (Å²) < 4.78 is 40.7. The van der Waals surface area contributed by atoms with Crippen molar-refractivity contribution < 1.29 is 27.8 Å². The monoisotopic (exact) mass is 390 g/mol. The van der Waals surface area contributed by atoms with Crippen molar-refractivity contribution in [1.82, 2.24) is 4.90 Å². The van der Waals surface area contributed by atoms with Gasteiger partial charge in [0.1, 0.15) is 12.0 Å². The minimum atomic E-state index is -4.78. The molecule has 5 nitrogen and oxygen atoms in total. The molecule has 1 N–H and O–H groups in total. The van der Waals surface area contributed by atoms with Gasteiger partial charge in [-0.1, -0.05) is 30.3 Å². The average Bonchev–Trinajstić information content (AvgIpc) is 3.15. The highest BCUT2D eigenvalue weighted by Gasteiger charge is 2.47. The molecule has 2 aliphatic rings. The van der Waals surface area contributed by atoms with Crippen molar-refractivity contribution in [3.63, 3.8) is 0 Å². The van der Waals surface area contributed by atoms with Crippen LogP contribution in [-0.2, 0) is 11.3 Å². The third-order valence-corrected chi connectivity index (χ3v) is 4.82. The molecular weight excluding hydrogens is 373 g/mol. The molecule has 0 bridgehead atoms. The van der Waals surface area contributed by atoms with Gasteiger partial charge in [-0.15, -0.1) is 13.2 Å². The Morgan fingerprint density at radius 1 is 1.07 bits per heavy atom. The zero-order valence-corrected chi connectivity index (χ0v) is 14.6. The Morgan fingerprint density at radius 3 is 2.36 bits per heavy atom. The minimum absolute atomic E-state index is 0.317. The molecule has 4 rings (SSSR count). The summed E-state index contributed by atoms with van der Waals surface area (Å²) in [5, 5.41) is 10.6. The number of aliphatic hydroxyl groups is 1. The van der Waals surface area contributed by atoms with E-state index >= 15 is 0 Å². The third-order valence-electron chi connectivity index (χ3n) is 4.82. The second-order valence-electron chi connectivity index (χ2n) is 6.74. The second-order valence-corrected chi connectivity index (χ2v) is 6.74. The van der Waals surface area contributed by atoms with Crippen LogP contribution < -0.4 is 9.64 Å². The summed E-state index contributed by atoms with van der Waals surface area (Å²) >= 11 is 0. The smallest absolute Gasteiger partial charge is 0.406 e. The number of halogens is 3. The predicted molar refractivity (Wildman–Crippen MR) is 95.0 cm³/mol. The van der Waals surface area contributed by atoms with E-state index in [1.54, 1.807) is 6.20 Å². The number of hydrogen-bond donors (Lipinski definition) is 1. The summed E-state index contributed by atoms with van der Waals surface area (Å²) in [4.78, 5) is 16.0. The number of fused-ring (bicyclic) bond motifs is 1. The van der Waals surface area contributed by atoms with Crippen LogP contribution in [0.2, 0.25) is 0 Å². The van der Waals surface area contributed by atoms with Gasteiger partial charge in [0.15, 0.2) is 0 Å². The molecule has 2 atom stereocenters. The highest BCUT2D eigenvalue weighted by molar-refractivity contribution is 6.09. The first-order valence-electron chi connectivity index (χ1n) is 8.69. The number of carbonyl (C=O) groups excluding carboxylic acids is 1. The standard InChI is InChI=1S/C20H17F3N2O3/c21-20(22,23)28-15-8-6-14(7-9-15)25-18(26)16-11-24(12-17(16)19(25)27)10-13-4-2-1-3-5-13/h1-9,11,17,19,27H,10,12H2. The molecule has 0 aromatic heterocycles. The quantitative estimate of drug-likeness (QED) is 0.871. The molecule has 1 saturated heterocycles. The Balaban J connectivity index is 1.50. The number of aliphatic hydroxyl groups excluding tert-OH is 1. The van der Waals surface area contributed by atoms with E-state index < -0.39 is 12.6 Å². The fourth-order valence-electron chi connectivity index (χ4n) is 3.61. The van der Waals surface area contributed by atoms with Crippen molar-refractivity contribution in [1.29, 1.82) is 0 Å². The largest absolute Gasteiger partial charge is 0.573 e. The third kappa shape index (κ3) is 3.55. The number of ether oxygens (including phenoxy) is 1. The molecule has 2 unspecified atom stereocenters. The number of nitrogens with zero attached hydrogens (tertiary/aromatic N) is 2. The van der Waals surface area contributed by atoms with Gasteiger partial charge in [-0.2, -0.15) is 0 Å². The summed E-state index contributed by atoms with van der Waals surface area (Å²) in [6, 6.07) is 14.7. The Kier molecular flexibility index (Phi) is 4.50. The normalized spacial score (nSPS) is 21.7. The molecule has 1 amide bonds. The Bertz CT molecular complexity index is 897. The van der Waals surface area contributed by atoms with E-state index in [0.717, 1.165) is 17.7 Å². The minimum Gasteiger partial charge on any atom is -0.406 e. The molecule has 0 saturated carbocycles. The van der Waals surface area contributed by atoms with Crippen LogP contribution in [0.25, 0.3) is 0 Å². The van der Waals surface area contributed by atoms with Crippen molar-refractivity contribution in [3.05, 3.63) is 71.9 Å². The Morgan fingerprint density at radius 2 is 1.75 bits per heavy atom. The average molecular weight is 390 g/mol. The predicted octanol–water partition coefficient (Wildman–Crippen LogP) is 3.27. The van der Waals surface area contributed by atoms with Gasteiger partial charge < -0.3 is 14.7 Å². The van der Waals surface area contributed by atoms with Crippen molar-refractivity contribution in [2.24, 2.45) is 5.92 Å². The lowest BCUT2D eigenvalue weighted by Crippen LogP contribution is -2.37. The molecule has 2 heterocycles. The van der Waals surface area contributed by atoms with Crippen LogP contribution in [-0.4, -0.2) is 35.0 Å². The zero-order valence-electron chi connectivity index (χ0n) is 14.6. The number of amides is 1.